The van der Waals surface area contributed by atoms with Gasteiger partial charge in [0.15, 0.2) is 11.5 Å². The van der Waals surface area contributed by atoms with Crippen molar-refractivity contribution in [1.29, 1.82) is 5.26 Å². The average molecular weight is 417 g/mol. The molecule has 1 aromatic carbocycles. The first-order valence-corrected chi connectivity index (χ1v) is 10.3. The molecule has 0 radical (unpaired) electrons. The Morgan fingerprint density at radius 2 is 2.10 bits per heavy atom. The number of benzene rings is 1. The van der Waals surface area contributed by atoms with E-state index >= 15 is 0 Å². The molecule has 2 aliphatic rings. The summed E-state index contributed by atoms with van der Waals surface area (Å²) in [7, 11) is 1.67. The van der Waals surface area contributed by atoms with Gasteiger partial charge in [-0.2, -0.15) is 10.4 Å². The van der Waals surface area contributed by atoms with E-state index in [-0.39, 0.29) is 0 Å². The number of rotatable bonds is 6. The van der Waals surface area contributed by atoms with Crippen molar-refractivity contribution >= 4 is 0 Å². The van der Waals surface area contributed by atoms with Gasteiger partial charge in [0.25, 0.3) is 0 Å². The van der Waals surface area contributed by atoms with Crippen LogP contribution in [0.25, 0.3) is 22.5 Å². The second-order valence-electron chi connectivity index (χ2n) is 7.61. The Bertz CT molecular complexity index is 1130. The molecular formula is C23H23N5O3. The van der Waals surface area contributed by atoms with Gasteiger partial charge >= 0.3 is 0 Å². The molecule has 2 aromatic heterocycles. The van der Waals surface area contributed by atoms with Gasteiger partial charge in [-0.15, -0.1) is 0 Å². The van der Waals surface area contributed by atoms with E-state index < -0.39 is 0 Å². The molecule has 0 amide bonds. The number of ether oxygens (including phenoxy) is 3. The number of pyridine rings is 1. The summed E-state index contributed by atoms with van der Waals surface area (Å²) in [5.41, 5.74) is 6.50. The van der Waals surface area contributed by atoms with E-state index in [0.29, 0.717) is 12.3 Å². The monoisotopic (exact) mass is 417 g/mol. The molecular weight excluding hydrogens is 394 g/mol. The maximum absolute atomic E-state index is 8.98. The third-order valence-corrected chi connectivity index (χ3v) is 5.81. The molecule has 31 heavy (non-hydrogen) atoms. The van der Waals surface area contributed by atoms with Crippen LogP contribution < -0.4 is 9.47 Å². The Morgan fingerprint density at radius 3 is 2.84 bits per heavy atom. The predicted molar refractivity (Wildman–Crippen MR) is 114 cm³/mol. The average Bonchev–Trinajstić information content (AvgIpc) is 3.38. The Labute approximate surface area is 180 Å². The van der Waals surface area contributed by atoms with E-state index in [1.807, 2.05) is 24.3 Å². The molecule has 0 spiro atoms. The van der Waals surface area contributed by atoms with Crippen molar-refractivity contribution < 1.29 is 14.2 Å². The van der Waals surface area contributed by atoms with E-state index in [9.17, 15) is 0 Å². The molecule has 1 aliphatic carbocycles. The third-order valence-electron chi connectivity index (χ3n) is 5.81. The number of morpholine rings is 1. The summed E-state index contributed by atoms with van der Waals surface area (Å²) >= 11 is 0. The Balaban J connectivity index is 1.38. The molecule has 0 atom stereocenters. The highest BCUT2D eigenvalue weighted by atomic mass is 16.5. The molecule has 3 aromatic rings. The Morgan fingerprint density at radius 1 is 1.23 bits per heavy atom. The van der Waals surface area contributed by atoms with E-state index in [1.165, 1.54) is 5.56 Å². The van der Waals surface area contributed by atoms with E-state index in [4.69, 9.17) is 19.5 Å². The van der Waals surface area contributed by atoms with E-state index in [1.54, 1.807) is 19.4 Å². The first-order valence-electron chi connectivity index (χ1n) is 10.3. The number of nitrogens with zero attached hydrogens (tertiary/aromatic N) is 4. The van der Waals surface area contributed by atoms with Crippen molar-refractivity contribution in [3.05, 3.63) is 47.3 Å². The second kappa shape index (κ2) is 8.38. The van der Waals surface area contributed by atoms with Crippen LogP contribution in [0.1, 0.15) is 16.8 Å². The maximum Gasteiger partial charge on any atom is 0.161 e. The standard InChI is InChI=1S/C23H23N5O3/c1-29-20-11-16-10-19-22(15-2-3-17(13-24)25-14-15)26-27-23(19)18(16)12-21(20)31-9-6-28-4-7-30-8-5-28/h2-3,11-12,14H,4-10H2,1H3,(H,26,27). The van der Waals surface area contributed by atoms with Crippen molar-refractivity contribution in [2.24, 2.45) is 0 Å². The molecule has 3 heterocycles. The summed E-state index contributed by atoms with van der Waals surface area (Å²) in [6.45, 7) is 4.88. The van der Waals surface area contributed by atoms with Gasteiger partial charge < -0.3 is 14.2 Å². The number of hydrogen-bond donors (Lipinski definition) is 1. The fourth-order valence-corrected chi connectivity index (χ4v) is 4.15. The summed E-state index contributed by atoms with van der Waals surface area (Å²) in [6, 6.07) is 9.73. The largest absolute Gasteiger partial charge is 0.493 e. The molecule has 1 N–H and O–H groups in total. The van der Waals surface area contributed by atoms with E-state index in [0.717, 1.165) is 78.8 Å². The number of nitrogens with one attached hydrogen (secondary N) is 1. The number of methoxy groups -OCH3 is 1. The van der Waals surface area contributed by atoms with Gasteiger partial charge in [0.2, 0.25) is 0 Å². The highest BCUT2D eigenvalue weighted by Gasteiger charge is 2.27. The molecule has 0 unspecified atom stereocenters. The minimum absolute atomic E-state index is 0.392. The van der Waals surface area contributed by atoms with Gasteiger partial charge in [-0.25, -0.2) is 4.98 Å². The lowest BCUT2D eigenvalue weighted by molar-refractivity contribution is 0.0321. The quantitative estimate of drug-likeness (QED) is 0.515. The zero-order valence-electron chi connectivity index (χ0n) is 17.4. The van der Waals surface area contributed by atoms with Crippen LogP contribution in [0.2, 0.25) is 0 Å². The van der Waals surface area contributed by atoms with Crippen molar-refractivity contribution in [2.45, 2.75) is 6.42 Å². The van der Waals surface area contributed by atoms with Gasteiger partial charge in [0, 0.05) is 48.9 Å². The predicted octanol–water partition coefficient (Wildman–Crippen LogP) is 2.63. The number of aromatic amines is 1. The van der Waals surface area contributed by atoms with Gasteiger partial charge in [-0.1, -0.05) is 0 Å². The van der Waals surface area contributed by atoms with Gasteiger partial charge in [-0.3, -0.25) is 10.00 Å². The third kappa shape index (κ3) is 3.74. The minimum Gasteiger partial charge on any atom is -0.493 e. The highest BCUT2D eigenvalue weighted by molar-refractivity contribution is 5.82. The lowest BCUT2D eigenvalue weighted by atomic mass is 10.1. The zero-order valence-corrected chi connectivity index (χ0v) is 17.4. The molecule has 1 fully saturated rings. The van der Waals surface area contributed by atoms with Gasteiger partial charge in [0.1, 0.15) is 18.4 Å². The molecule has 8 heteroatoms. The lowest BCUT2D eigenvalue weighted by Gasteiger charge is -2.26. The topological polar surface area (TPSA) is 96.3 Å². The molecule has 1 saturated heterocycles. The minimum atomic E-state index is 0.392. The Hall–Kier alpha value is -3.41. The molecule has 1 aliphatic heterocycles. The van der Waals surface area contributed by atoms with E-state index in [2.05, 4.69) is 20.1 Å². The highest BCUT2D eigenvalue weighted by Crippen LogP contribution is 2.44. The fraction of sp³-hybridized carbons (Fsp3) is 0.348. The maximum atomic E-state index is 8.98. The zero-order chi connectivity index (χ0) is 21.2. The summed E-state index contributed by atoms with van der Waals surface area (Å²) in [4.78, 5) is 6.52. The summed E-state index contributed by atoms with van der Waals surface area (Å²) < 4.78 is 17.1. The first kappa shape index (κ1) is 19.5. The second-order valence-corrected chi connectivity index (χ2v) is 7.61. The van der Waals surface area contributed by atoms with Crippen LogP contribution in [0.5, 0.6) is 11.5 Å². The Kier molecular flexibility index (Phi) is 5.28. The normalized spacial score (nSPS) is 15.2. The number of aromatic nitrogens is 3. The summed E-state index contributed by atoms with van der Waals surface area (Å²) in [5, 5.41) is 16.7. The van der Waals surface area contributed by atoms with Crippen LogP contribution in [-0.4, -0.2) is 66.6 Å². The van der Waals surface area contributed by atoms with Gasteiger partial charge in [-0.05, 0) is 29.8 Å². The van der Waals surface area contributed by atoms with Crippen LogP contribution in [0.15, 0.2) is 30.5 Å². The summed E-state index contributed by atoms with van der Waals surface area (Å²) in [6.07, 6.45) is 2.44. The SMILES string of the molecule is COc1cc2c(cc1OCCN1CCOCC1)-c1[nH]nc(-c3ccc(C#N)nc3)c1C2. The smallest absolute Gasteiger partial charge is 0.161 e. The van der Waals surface area contributed by atoms with Crippen LogP contribution in [-0.2, 0) is 11.2 Å². The number of fused-ring (bicyclic) bond motifs is 3. The van der Waals surface area contributed by atoms with Crippen molar-refractivity contribution in [3.8, 4) is 40.1 Å². The van der Waals surface area contributed by atoms with Crippen molar-refractivity contribution in [1.82, 2.24) is 20.1 Å². The van der Waals surface area contributed by atoms with Crippen molar-refractivity contribution in [2.75, 3.05) is 46.6 Å². The molecule has 0 bridgehead atoms. The lowest BCUT2D eigenvalue weighted by Crippen LogP contribution is -2.38. The molecule has 158 valence electrons. The molecule has 8 nitrogen and oxygen atoms in total. The number of hydrogen-bond acceptors (Lipinski definition) is 7. The number of H-pyrrole nitrogens is 1. The number of nitriles is 1. The van der Waals surface area contributed by atoms with Crippen LogP contribution in [0.4, 0.5) is 0 Å². The van der Waals surface area contributed by atoms with Crippen molar-refractivity contribution in [3.63, 3.8) is 0 Å². The first-order chi connectivity index (χ1) is 15.3. The van der Waals surface area contributed by atoms with Crippen LogP contribution >= 0.6 is 0 Å². The van der Waals surface area contributed by atoms with Crippen LogP contribution in [0.3, 0.4) is 0 Å². The van der Waals surface area contributed by atoms with Crippen LogP contribution in [0, 0.1) is 11.3 Å². The summed E-state index contributed by atoms with van der Waals surface area (Å²) in [5.74, 6) is 1.47. The molecule has 5 rings (SSSR count). The van der Waals surface area contributed by atoms with Gasteiger partial charge in [0.05, 0.1) is 31.7 Å². The fourth-order valence-electron chi connectivity index (χ4n) is 4.15. The molecule has 0 saturated carbocycles.